The van der Waals surface area contributed by atoms with Gasteiger partial charge < -0.3 is 10.4 Å². The third-order valence-corrected chi connectivity index (χ3v) is 2.80. The van der Waals surface area contributed by atoms with E-state index in [1.807, 2.05) is 12.1 Å². The molecule has 0 unspecified atom stereocenters. The molecule has 0 amide bonds. The van der Waals surface area contributed by atoms with Crippen LogP contribution in [-0.2, 0) is 6.54 Å². The Labute approximate surface area is 84.2 Å². The zero-order chi connectivity index (χ0) is 9.80. The second-order valence-corrected chi connectivity index (χ2v) is 3.84. The standard InChI is InChI=1S/C11H16N2O/c14-11-3-1-2-10(11)13-8-9-4-6-12-7-5-9/h4-7,10-11,13-14H,1-3,8H2/t10-,11-/m1/s1. The molecule has 1 saturated carbocycles. The van der Waals surface area contributed by atoms with Crippen LogP contribution in [0.5, 0.6) is 0 Å². The zero-order valence-corrected chi connectivity index (χ0v) is 8.19. The van der Waals surface area contributed by atoms with Crippen LogP contribution in [0.25, 0.3) is 0 Å². The zero-order valence-electron chi connectivity index (χ0n) is 8.19. The minimum Gasteiger partial charge on any atom is -0.392 e. The van der Waals surface area contributed by atoms with Crippen molar-refractivity contribution in [2.75, 3.05) is 0 Å². The fourth-order valence-electron chi connectivity index (χ4n) is 1.93. The van der Waals surface area contributed by atoms with Crippen LogP contribution in [0.2, 0.25) is 0 Å². The third kappa shape index (κ3) is 2.30. The largest absolute Gasteiger partial charge is 0.392 e. The van der Waals surface area contributed by atoms with Gasteiger partial charge in [0, 0.05) is 25.0 Å². The molecule has 2 rings (SSSR count). The van der Waals surface area contributed by atoms with Crippen molar-refractivity contribution in [3.8, 4) is 0 Å². The SMILES string of the molecule is O[C@@H]1CCC[C@H]1NCc1ccncc1. The number of nitrogens with zero attached hydrogens (tertiary/aromatic N) is 1. The minimum absolute atomic E-state index is 0.156. The lowest BCUT2D eigenvalue weighted by Gasteiger charge is -2.16. The van der Waals surface area contributed by atoms with Gasteiger partial charge in [-0.05, 0) is 37.0 Å². The predicted molar refractivity (Wildman–Crippen MR) is 54.7 cm³/mol. The first-order valence-electron chi connectivity index (χ1n) is 5.16. The Bertz CT molecular complexity index is 276. The summed E-state index contributed by atoms with van der Waals surface area (Å²) < 4.78 is 0. The maximum Gasteiger partial charge on any atom is 0.0693 e. The van der Waals surface area contributed by atoms with E-state index in [-0.39, 0.29) is 12.1 Å². The topological polar surface area (TPSA) is 45.1 Å². The summed E-state index contributed by atoms with van der Waals surface area (Å²) in [6, 6.07) is 4.27. The number of rotatable bonds is 3. The maximum atomic E-state index is 9.59. The molecular formula is C11H16N2O. The van der Waals surface area contributed by atoms with Crippen molar-refractivity contribution in [1.29, 1.82) is 0 Å². The summed E-state index contributed by atoms with van der Waals surface area (Å²) in [6.45, 7) is 0.824. The first-order chi connectivity index (χ1) is 6.86. The number of aromatic nitrogens is 1. The molecule has 0 aliphatic heterocycles. The number of aliphatic hydroxyl groups excluding tert-OH is 1. The molecule has 0 spiro atoms. The van der Waals surface area contributed by atoms with Gasteiger partial charge in [-0.1, -0.05) is 0 Å². The minimum atomic E-state index is -0.156. The summed E-state index contributed by atoms with van der Waals surface area (Å²) in [5.41, 5.74) is 1.22. The number of hydrogen-bond donors (Lipinski definition) is 2. The van der Waals surface area contributed by atoms with E-state index < -0.39 is 0 Å². The lowest BCUT2D eigenvalue weighted by atomic mass is 10.2. The molecule has 1 aliphatic rings. The van der Waals surface area contributed by atoms with Crippen LogP contribution in [0.1, 0.15) is 24.8 Å². The van der Waals surface area contributed by atoms with Gasteiger partial charge >= 0.3 is 0 Å². The normalized spacial score (nSPS) is 26.6. The Balaban J connectivity index is 1.82. The number of nitrogens with one attached hydrogen (secondary N) is 1. The summed E-state index contributed by atoms with van der Waals surface area (Å²) in [5.74, 6) is 0. The van der Waals surface area contributed by atoms with E-state index in [0.717, 1.165) is 25.8 Å². The number of pyridine rings is 1. The molecule has 2 N–H and O–H groups in total. The molecule has 3 heteroatoms. The van der Waals surface area contributed by atoms with Crippen LogP contribution in [0.3, 0.4) is 0 Å². The fraction of sp³-hybridized carbons (Fsp3) is 0.545. The molecule has 76 valence electrons. The molecule has 2 atom stereocenters. The van der Waals surface area contributed by atoms with Crippen LogP contribution < -0.4 is 5.32 Å². The van der Waals surface area contributed by atoms with Crippen molar-refractivity contribution < 1.29 is 5.11 Å². The molecule has 1 fully saturated rings. The first kappa shape index (κ1) is 9.62. The lowest BCUT2D eigenvalue weighted by Crippen LogP contribution is -2.34. The number of aliphatic hydroxyl groups is 1. The Morgan fingerprint density at radius 3 is 2.79 bits per heavy atom. The highest BCUT2D eigenvalue weighted by molar-refractivity contribution is 5.09. The van der Waals surface area contributed by atoms with Crippen molar-refractivity contribution in [2.24, 2.45) is 0 Å². The van der Waals surface area contributed by atoms with Crippen LogP contribution in [0, 0.1) is 0 Å². The summed E-state index contributed by atoms with van der Waals surface area (Å²) in [5, 5.41) is 13.0. The van der Waals surface area contributed by atoms with Crippen LogP contribution in [0.4, 0.5) is 0 Å². The molecule has 1 aromatic heterocycles. The molecule has 1 aromatic rings. The lowest BCUT2D eigenvalue weighted by molar-refractivity contribution is 0.148. The summed E-state index contributed by atoms with van der Waals surface area (Å²) in [7, 11) is 0. The molecule has 14 heavy (non-hydrogen) atoms. The Kier molecular flexibility index (Phi) is 3.11. The van der Waals surface area contributed by atoms with Gasteiger partial charge in [0.15, 0.2) is 0 Å². The van der Waals surface area contributed by atoms with E-state index in [9.17, 15) is 5.11 Å². The highest BCUT2D eigenvalue weighted by atomic mass is 16.3. The Morgan fingerprint density at radius 2 is 2.14 bits per heavy atom. The number of hydrogen-bond acceptors (Lipinski definition) is 3. The average Bonchev–Trinajstić information content (AvgIpc) is 2.63. The predicted octanol–water partition coefficient (Wildman–Crippen LogP) is 1.08. The second kappa shape index (κ2) is 4.53. The molecule has 3 nitrogen and oxygen atoms in total. The smallest absolute Gasteiger partial charge is 0.0693 e. The first-order valence-corrected chi connectivity index (χ1v) is 5.16. The van der Waals surface area contributed by atoms with E-state index in [0.29, 0.717) is 0 Å². The van der Waals surface area contributed by atoms with E-state index >= 15 is 0 Å². The maximum absolute atomic E-state index is 9.59. The molecule has 0 saturated heterocycles. The van der Waals surface area contributed by atoms with E-state index in [2.05, 4.69) is 10.3 Å². The second-order valence-electron chi connectivity index (χ2n) is 3.84. The van der Waals surface area contributed by atoms with Crippen LogP contribution in [-0.4, -0.2) is 22.2 Å². The van der Waals surface area contributed by atoms with E-state index in [4.69, 9.17) is 0 Å². The molecule has 0 bridgehead atoms. The van der Waals surface area contributed by atoms with Crippen LogP contribution >= 0.6 is 0 Å². The third-order valence-electron chi connectivity index (χ3n) is 2.80. The van der Waals surface area contributed by atoms with Crippen molar-refractivity contribution in [3.63, 3.8) is 0 Å². The highest BCUT2D eigenvalue weighted by Gasteiger charge is 2.24. The van der Waals surface area contributed by atoms with Crippen molar-refractivity contribution in [1.82, 2.24) is 10.3 Å². The Hall–Kier alpha value is -0.930. The molecule has 0 aromatic carbocycles. The summed E-state index contributed by atoms with van der Waals surface area (Å²) in [6.07, 6.45) is 6.59. The van der Waals surface area contributed by atoms with Crippen molar-refractivity contribution >= 4 is 0 Å². The quantitative estimate of drug-likeness (QED) is 0.753. The average molecular weight is 192 g/mol. The monoisotopic (exact) mass is 192 g/mol. The van der Waals surface area contributed by atoms with E-state index in [1.165, 1.54) is 5.56 Å². The van der Waals surface area contributed by atoms with Gasteiger partial charge in [-0.2, -0.15) is 0 Å². The van der Waals surface area contributed by atoms with Crippen LogP contribution in [0.15, 0.2) is 24.5 Å². The Morgan fingerprint density at radius 1 is 1.36 bits per heavy atom. The summed E-state index contributed by atoms with van der Waals surface area (Å²) >= 11 is 0. The van der Waals surface area contributed by atoms with Gasteiger partial charge in [0.1, 0.15) is 0 Å². The highest BCUT2D eigenvalue weighted by Crippen LogP contribution is 2.18. The molecule has 0 radical (unpaired) electrons. The van der Waals surface area contributed by atoms with Gasteiger partial charge in [0.2, 0.25) is 0 Å². The van der Waals surface area contributed by atoms with Gasteiger partial charge in [-0.15, -0.1) is 0 Å². The van der Waals surface area contributed by atoms with Gasteiger partial charge in [0.25, 0.3) is 0 Å². The van der Waals surface area contributed by atoms with Crippen molar-refractivity contribution in [2.45, 2.75) is 38.0 Å². The molecule has 1 heterocycles. The fourth-order valence-corrected chi connectivity index (χ4v) is 1.93. The van der Waals surface area contributed by atoms with Crippen molar-refractivity contribution in [3.05, 3.63) is 30.1 Å². The van der Waals surface area contributed by atoms with Gasteiger partial charge in [0.05, 0.1) is 6.10 Å². The molecular weight excluding hydrogens is 176 g/mol. The summed E-state index contributed by atoms with van der Waals surface area (Å²) in [4.78, 5) is 3.96. The van der Waals surface area contributed by atoms with E-state index in [1.54, 1.807) is 12.4 Å². The van der Waals surface area contributed by atoms with Gasteiger partial charge in [-0.25, -0.2) is 0 Å². The molecule has 1 aliphatic carbocycles. The van der Waals surface area contributed by atoms with Gasteiger partial charge in [-0.3, -0.25) is 4.98 Å².